The molecule has 0 aliphatic carbocycles. The summed E-state index contributed by atoms with van der Waals surface area (Å²) in [4.78, 5) is 25.1. The van der Waals surface area contributed by atoms with Crippen LogP contribution in [0, 0.1) is 5.92 Å². The Morgan fingerprint density at radius 1 is 1.56 bits per heavy atom. The minimum absolute atomic E-state index is 0.0407. The monoisotopic (exact) mass is 274 g/mol. The van der Waals surface area contributed by atoms with Gasteiger partial charge in [0.25, 0.3) is 0 Å². The molecule has 0 saturated carbocycles. The molecule has 18 heavy (non-hydrogen) atoms. The minimum atomic E-state index is -0.521. The summed E-state index contributed by atoms with van der Waals surface area (Å²) < 4.78 is 5.14. The lowest BCUT2D eigenvalue weighted by atomic mass is 9.98. The van der Waals surface area contributed by atoms with E-state index in [1.807, 2.05) is 4.90 Å². The normalized spacial score (nSPS) is 21.5. The molecule has 1 aliphatic rings. The topological polar surface area (TPSA) is 58.6 Å². The molecule has 0 radical (unpaired) electrons. The van der Waals surface area contributed by atoms with Crippen LogP contribution in [0.25, 0.3) is 0 Å². The first kappa shape index (κ1) is 15.3. The molecule has 1 aliphatic heterocycles. The fourth-order valence-corrected chi connectivity index (χ4v) is 2.54. The number of hydrogen-bond donors (Lipinski definition) is 2. The Morgan fingerprint density at radius 2 is 2.28 bits per heavy atom. The molecule has 2 atom stereocenters. The summed E-state index contributed by atoms with van der Waals surface area (Å²) in [5.41, 5.74) is 0. The van der Waals surface area contributed by atoms with Gasteiger partial charge in [0.1, 0.15) is 6.04 Å². The maximum absolute atomic E-state index is 12.2. The van der Waals surface area contributed by atoms with Gasteiger partial charge in [0.05, 0.1) is 6.61 Å². The van der Waals surface area contributed by atoms with Crippen molar-refractivity contribution >= 4 is 24.4 Å². The van der Waals surface area contributed by atoms with E-state index in [0.717, 1.165) is 19.4 Å². The lowest BCUT2D eigenvalue weighted by Crippen LogP contribution is -2.52. The molecular weight excluding hydrogens is 252 g/mol. The van der Waals surface area contributed by atoms with Crippen molar-refractivity contribution < 1.29 is 14.3 Å². The highest BCUT2D eigenvalue weighted by Crippen LogP contribution is 2.17. The van der Waals surface area contributed by atoms with Gasteiger partial charge in [0.15, 0.2) is 0 Å². The molecule has 0 bridgehead atoms. The third-order valence-corrected chi connectivity index (χ3v) is 3.46. The SMILES string of the molecule is COCC1CCCN(C(=O)C(CS)NC(C)=O)C1. The van der Waals surface area contributed by atoms with Gasteiger partial charge in [-0.15, -0.1) is 0 Å². The van der Waals surface area contributed by atoms with Crippen LogP contribution in [0.1, 0.15) is 19.8 Å². The third-order valence-electron chi connectivity index (χ3n) is 3.09. The zero-order valence-corrected chi connectivity index (χ0v) is 11.9. The number of carbonyl (C=O) groups is 2. The van der Waals surface area contributed by atoms with Crippen molar-refractivity contribution in [1.29, 1.82) is 0 Å². The number of nitrogens with one attached hydrogen (secondary N) is 1. The standard InChI is InChI=1S/C12H22N2O3S/c1-9(15)13-11(8-18)12(16)14-5-3-4-10(6-14)7-17-2/h10-11,18H,3-8H2,1-2H3,(H,13,15). The number of methoxy groups -OCH3 is 1. The van der Waals surface area contributed by atoms with E-state index in [0.29, 0.717) is 24.8 Å². The summed E-state index contributed by atoms with van der Waals surface area (Å²) >= 11 is 4.13. The van der Waals surface area contributed by atoms with E-state index >= 15 is 0 Å². The predicted molar refractivity (Wildman–Crippen MR) is 72.6 cm³/mol. The highest BCUT2D eigenvalue weighted by Gasteiger charge is 2.28. The van der Waals surface area contributed by atoms with Crippen LogP contribution < -0.4 is 5.32 Å². The van der Waals surface area contributed by atoms with Crippen LogP contribution in [0.2, 0.25) is 0 Å². The second kappa shape index (κ2) is 7.63. The van der Waals surface area contributed by atoms with Crippen molar-refractivity contribution in [3.63, 3.8) is 0 Å². The van der Waals surface area contributed by atoms with Crippen LogP contribution in [0.3, 0.4) is 0 Å². The van der Waals surface area contributed by atoms with Gasteiger partial charge in [0.2, 0.25) is 11.8 Å². The number of ether oxygens (including phenoxy) is 1. The van der Waals surface area contributed by atoms with Crippen molar-refractivity contribution in [3.8, 4) is 0 Å². The van der Waals surface area contributed by atoms with Gasteiger partial charge in [-0.2, -0.15) is 12.6 Å². The van der Waals surface area contributed by atoms with Gasteiger partial charge in [-0.3, -0.25) is 9.59 Å². The molecular formula is C12H22N2O3S. The number of rotatable bonds is 5. The van der Waals surface area contributed by atoms with Crippen LogP contribution in [0.5, 0.6) is 0 Å². The fourth-order valence-electron chi connectivity index (χ4n) is 2.29. The number of carbonyl (C=O) groups excluding carboxylic acids is 2. The fraction of sp³-hybridized carbons (Fsp3) is 0.833. The van der Waals surface area contributed by atoms with E-state index in [1.54, 1.807) is 7.11 Å². The molecule has 1 fully saturated rings. The average molecular weight is 274 g/mol. The molecule has 1 heterocycles. The second-order valence-corrected chi connectivity index (χ2v) is 5.05. The molecule has 1 rings (SSSR count). The van der Waals surface area contributed by atoms with Gasteiger partial charge in [-0.1, -0.05) is 0 Å². The molecule has 5 nitrogen and oxygen atoms in total. The number of likely N-dealkylation sites (tertiary alicyclic amines) is 1. The maximum Gasteiger partial charge on any atom is 0.246 e. The highest BCUT2D eigenvalue weighted by molar-refractivity contribution is 7.80. The summed E-state index contributed by atoms with van der Waals surface area (Å²) in [6.07, 6.45) is 2.07. The van der Waals surface area contributed by atoms with Crippen LogP contribution >= 0.6 is 12.6 Å². The van der Waals surface area contributed by atoms with E-state index < -0.39 is 6.04 Å². The zero-order valence-electron chi connectivity index (χ0n) is 11.0. The van der Waals surface area contributed by atoms with E-state index in [2.05, 4.69) is 17.9 Å². The minimum Gasteiger partial charge on any atom is -0.384 e. The third kappa shape index (κ3) is 4.49. The van der Waals surface area contributed by atoms with Crippen LogP contribution in [0.15, 0.2) is 0 Å². The molecule has 0 aromatic rings. The van der Waals surface area contributed by atoms with E-state index in [-0.39, 0.29) is 11.8 Å². The lowest BCUT2D eigenvalue weighted by molar-refractivity contribution is -0.137. The Hall–Kier alpha value is -0.750. The van der Waals surface area contributed by atoms with Crippen molar-refractivity contribution in [1.82, 2.24) is 10.2 Å². The van der Waals surface area contributed by atoms with Gasteiger partial charge in [-0.25, -0.2) is 0 Å². The van der Waals surface area contributed by atoms with Gasteiger partial charge in [-0.05, 0) is 18.8 Å². The van der Waals surface area contributed by atoms with Crippen molar-refractivity contribution in [3.05, 3.63) is 0 Å². The largest absolute Gasteiger partial charge is 0.384 e. The van der Waals surface area contributed by atoms with Crippen LogP contribution in [-0.4, -0.2) is 55.3 Å². The average Bonchev–Trinajstić information content (AvgIpc) is 2.35. The first-order chi connectivity index (χ1) is 8.58. The molecule has 0 aromatic heterocycles. The Kier molecular flexibility index (Phi) is 6.49. The van der Waals surface area contributed by atoms with Crippen molar-refractivity contribution in [2.24, 2.45) is 5.92 Å². The van der Waals surface area contributed by atoms with Crippen LogP contribution in [0.4, 0.5) is 0 Å². The molecule has 0 aromatic carbocycles. The second-order valence-electron chi connectivity index (χ2n) is 4.68. The number of amides is 2. The quantitative estimate of drug-likeness (QED) is 0.709. The summed E-state index contributed by atoms with van der Waals surface area (Å²) in [6, 6.07) is -0.521. The van der Waals surface area contributed by atoms with E-state index in [4.69, 9.17) is 4.74 Å². The zero-order chi connectivity index (χ0) is 13.5. The summed E-state index contributed by atoms with van der Waals surface area (Å²) in [5, 5.41) is 2.64. The molecule has 1 N–H and O–H groups in total. The maximum atomic E-state index is 12.2. The number of hydrogen-bond acceptors (Lipinski definition) is 4. The molecule has 2 amide bonds. The Balaban J connectivity index is 2.55. The van der Waals surface area contributed by atoms with Gasteiger partial charge >= 0.3 is 0 Å². The first-order valence-corrected chi connectivity index (χ1v) is 6.87. The molecule has 6 heteroatoms. The van der Waals surface area contributed by atoms with Crippen LogP contribution in [-0.2, 0) is 14.3 Å². The summed E-state index contributed by atoms with van der Waals surface area (Å²) in [6.45, 7) is 3.54. The van der Waals surface area contributed by atoms with Gasteiger partial charge in [0, 0.05) is 32.9 Å². The smallest absolute Gasteiger partial charge is 0.246 e. The Morgan fingerprint density at radius 3 is 2.83 bits per heavy atom. The van der Waals surface area contributed by atoms with Crippen molar-refractivity contribution in [2.75, 3.05) is 32.6 Å². The number of nitrogens with zero attached hydrogens (tertiary/aromatic N) is 1. The van der Waals surface area contributed by atoms with Crippen molar-refractivity contribution in [2.45, 2.75) is 25.8 Å². The lowest BCUT2D eigenvalue weighted by Gasteiger charge is -2.34. The molecule has 0 spiro atoms. The summed E-state index contributed by atoms with van der Waals surface area (Å²) in [5.74, 6) is 0.476. The Bertz CT molecular complexity index is 297. The molecule has 104 valence electrons. The predicted octanol–water partition coefficient (Wildman–Crippen LogP) is 0.306. The Labute approximate surface area is 114 Å². The van der Waals surface area contributed by atoms with Gasteiger partial charge < -0.3 is 15.0 Å². The number of piperidine rings is 1. The molecule has 1 saturated heterocycles. The summed E-state index contributed by atoms with van der Waals surface area (Å²) in [7, 11) is 1.68. The molecule has 2 unspecified atom stereocenters. The first-order valence-electron chi connectivity index (χ1n) is 6.24. The van der Waals surface area contributed by atoms with E-state index in [1.165, 1.54) is 6.92 Å². The van der Waals surface area contributed by atoms with E-state index in [9.17, 15) is 9.59 Å². The highest BCUT2D eigenvalue weighted by atomic mass is 32.1. The number of thiol groups is 1.